The van der Waals surface area contributed by atoms with E-state index in [1.165, 1.54) is 0 Å². The maximum atomic E-state index is 9.02. The normalized spacial score (nSPS) is 12.4. The second kappa shape index (κ2) is 16.5. The van der Waals surface area contributed by atoms with E-state index in [0.717, 1.165) is 44.3 Å². The Morgan fingerprint density at radius 1 is 0.542 bits per heavy atom. The molecule has 0 aliphatic carbocycles. The van der Waals surface area contributed by atoms with Crippen molar-refractivity contribution in [3.05, 3.63) is 145 Å². The highest BCUT2D eigenvalue weighted by Crippen LogP contribution is 2.23. The Hall–Kier alpha value is -6.78. The molecule has 0 bridgehead atoms. The summed E-state index contributed by atoms with van der Waals surface area (Å²) in [6.07, 6.45) is 7.38. The van der Waals surface area contributed by atoms with Crippen LogP contribution < -0.4 is 21.3 Å². The van der Waals surface area contributed by atoms with E-state index in [2.05, 4.69) is 41.2 Å². The van der Waals surface area contributed by atoms with Crippen LogP contribution in [0.5, 0.6) is 0 Å². The van der Waals surface area contributed by atoms with Gasteiger partial charge < -0.3 is 10.6 Å². The average molecular weight is 631 g/mol. The van der Waals surface area contributed by atoms with E-state index in [9.17, 15) is 0 Å². The lowest BCUT2D eigenvalue weighted by Gasteiger charge is -2.13. The first kappa shape index (κ1) is 32.6. The average Bonchev–Trinajstić information content (AvgIpc) is 3.13. The zero-order valence-corrected chi connectivity index (χ0v) is 26.5. The van der Waals surface area contributed by atoms with Gasteiger partial charge in [0.05, 0.1) is 34.5 Å². The lowest BCUT2D eigenvalue weighted by Crippen LogP contribution is -2.27. The highest BCUT2D eigenvalue weighted by Gasteiger charge is 2.10. The Bertz CT molecular complexity index is 1930. The van der Waals surface area contributed by atoms with Crippen molar-refractivity contribution >= 4 is 45.1 Å². The minimum absolute atomic E-state index is 0.0809. The molecule has 10 nitrogen and oxygen atoms in total. The molecule has 2 heterocycles. The van der Waals surface area contributed by atoms with Crippen LogP contribution in [0.1, 0.15) is 37.1 Å². The SMILES string of the molecule is CC(N=C(NC#N)Nc1cccc2ncccc12)c1ccccc1.CC(N=C(NC#N)Nc1cccc2ncccc12)c1ccccc1. The summed E-state index contributed by atoms with van der Waals surface area (Å²) in [5.41, 5.74) is 5.63. The Morgan fingerprint density at radius 3 is 1.35 bits per heavy atom. The Labute approximate surface area is 279 Å². The lowest BCUT2D eigenvalue weighted by molar-refractivity contribution is 0.813. The van der Waals surface area contributed by atoms with Gasteiger partial charge in [0.2, 0.25) is 11.9 Å². The van der Waals surface area contributed by atoms with Crippen LogP contribution in [-0.4, -0.2) is 21.9 Å². The van der Waals surface area contributed by atoms with Crippen molar-refractivity contribution in [2.75, 3.05) is 10.6 Å². The van der Waals surface area contributed by atoms with Gasteiger partial charge in [-0.3, -0.25) is 20.6 Å². The van der Waals surface area contributed by atoms with Crippen LogP contribution >= 0.6 is 0 Å². The number of fused-ring (bicyclic) bond motifs is 2. The molecule has 0 radical (unpaired) electrons. The third kappa shape index (κ3) is 8.68. The van der Waals surface area contributed by atoms with Gasteiger partial charge >= 0.3 is 0 Å². The maximum Gasteiger partial charge on any atom is 0.209 e. The molecule has 4 aromatic carbocycles. The van der Waals surface area contributed by atoms with Gasteiger partial charge in [0, 0.05) is 23.2 Å². The van der Waals surface area contributed by atoms with Gasteiger partial charge in [-0.05, 0) is 73.5 Å². The number of benzene rings is 4. The fraction of sp³-hybridized carbons (Fsp3) is 0.105. The summed E-state index contributed by atoms with van der Waals surface area (Å²) in [4.78, 5) is 17.9. The molecule has 10 heteroatoms. The topological polar surface area (TPSA) is 146 Å². The minimum atomic E-state index is -0.0809. The van der Waals surface area contributed by atoms with Crippen molar-refractivity contribution in [3.63, 3.8) is 0 Å². The smallest absolute Gasteiger partial charge is 0.209 e. The molecule has 48 heavy (non-hydrogen) atoms. The van der Waals surface area contributed by atoms with E-state index in [1.807, 2.05) is 148 Å². The summed E-state index contributed by atoms with van der Waals surface area (Å²) >= 11 is 0. The van der Waals surface area contributed by atoms with Gasteiger partial charge in [0.15, 0.2) is 12.4 Å². The van der Waals surface area contributed by atoms with Gasteiger partial charge in [0.25, 0.3) is 0 Å². The summed E-state index contributed by atoms with van der Waals surface area (Å²) in [5.74, 6) is 0.815. The Kier molecular flexibility index (Phi) is 11.2. The van der Waals surface area contributed by atoms with Gasteiger partial charge in [-0.2, -0.15) is 10.5 Å². The second-order valence-electron chi connectivity index (χ2n) is 10.6. The van der Waals surface area contributed by atoms with Crippen LogP contribution in [0, 0.1) is 22.9 Å². The fourth-order valence-corrected chi connectivity index (χ4v) is 4.98. The van der Waals surface area contributed by atoms with Gasteiger partial charge in [-0.1, -0.05) is 72.8 Å². The number of hydrogen-bond donors (Lipinski definition) is 4. The van der Waals surface area contributed by atoms with E-state index >= 15 is 0 Å². The molecule has 6 aromatic rings. The van der Waals surface area contributed by atoms with Crippen molar-refractivity contribution < 1.29 is 0 Å². The zero-order chi connectivity index (χ0) is 33.6. The molecule has 2 aromatic heterocycles. The third-order valence-corrected chi connectivity index (χ3v) is 7.36. The molecular weight excluding hydrogens is 596 g/mol. The number of hydrogen-bond acceptors (Lipinski definition) is 6. The fourth-order valence-electron chi connectivity index (χ4n) is 4.98. The molecule has 0 aliphatic rings. The predicted octanol–water partition coefficient (Wildman–Crippen LogP) is 7.67. The first-order chi connectivity index (χ1) is 23.6. The number of aromatic nitrogens is 2. The minimum Gasteiger partial charge on any atom is -0.325 e. The lowest BCUT2D eigenvalue weighted by atomic mass is 10.1. The number of anilines is 2. The summed E-state index contributed by atoms with van der Waals surface area (Å²) in [7, 11) is 0. The monoisotopic (exact) mass is 630 g/mol. The van der Waals surface area contributed by atoms with Crippen LogP contribution in [0.15, 0.2) is 144 Å². The number of nitrogens with zero attached hydrogens (tertiary/aromatic N) is 6. The van der Waals surface area contributed by atoms with Crippen molar-refractivity contribution in [3.8, 4) is 12.4 Å². The molecular formula is C38H34N10. The number of nitriles is 2. The number of aliphatic imine (C=N–C) groups is 2. The molecule has 0 aliphatic heterocycles. The first-order valence-electron chi connectivity index (χ1n) is 15.3. The third-order valence-electron chi connectivity index (χ3n) is 7.36. The van der Waals surface area contributed by atoms with Crippen molar-refractivity contribution in [2.24, 2.45) is 9.98 Å². The largest absolute Gasteiger partial charge is 0.325 e. The van der Waals surface area contributed by atoms with Crippen molar-refractivity contribution in [1.82, 2.24) is 20.6 Å². The molecule has 0 amide bonds. The number of rotatable bonds is 6. The van der Waals surface area contributed by atoms with E-state index < -0.39 is 0 Å². The molecule has 0 spiro atoms. The quantitative estimate of drug-likeness (QED) is 0.0635. The van der Waals surface area contributed by atoms with Crippen LogP contribution in [0.4, 0.5) is 11.4 Å². The molecule has 0 saturated carbocycles. The van der Waals surface area contributed by atoms with E-state index in [4.69, 9.17) is 10.5 Å². The summed E-state index contributed by atoms with van der Waals surface area (Å²) in [6.45, 7) is 3.97. The Balaban J connectivity index is 0.000000188. The van der Waals surface area contributed by atoms with Crippen LogP contribution in [-0.2, 0) is 0 Å². The summed E-state index contributed by atoms with van der Waals surface area (Å²) in [5, 5.41) is 31.6. The van der Waals surface area contributed by atoms with Crippen molar-refractivity contribution in [2.45, 2.75) is 25.9 Å². The highest BCUT2D eigenvalue weighted by molar-refractivity contribution is 6.03. The van der Waals surface area contributed by atoms with E-state index in [-0.39, 0.29) is 12.1 Å². The van der Waals surface area contributed by atoms with Crippen LogP contribution in [0.2, 0.25) is 0 Å². The number of pyridine rings is 2. The first-order valence-corrected chi connectivity index (χ1v) is 15.3. The second-order valence-corrected chi connectivity index (χ2v) is 10.6. The standard InChI is InChI=1S/2C19H17N5/c2*1-14(15-7-3-2-4-8-15)23-19(22-13-20)24-18-11-5-10-17-16(18)9-6-12-21-17/h2*2-12,14H,1H3,(H2,22,23,24). The molecule has 0 saturated heterocycles. The molecule has 4 N–H and O–H groups in total. The maximum absolute atomic E-state index is 9.02. The van der Waals surface area contributed by atoms with Gasteiger partial charge in [-0.15, -0.1) is 0 Å². The highest BCUT2D eigenvalue weighted by atomic mass is 15.2. The molecule has 236 valence electrons. The number of guanidine groups is 2. The molecule has 2 atom stereocenters. The van der Waals surface area contributed by atoms with E-state index in [1.54, 1.807) is 12.4 Å². The van der Waals surface area contributed by atoms with Crippen molar-refractivity contribution in [1.29, 1.82) is 10.5 Å². The van der Waals surface area contributed by atoms with Gasteiger partial charge in [0.1, 0.15) is 0 Å². The molecule has 6 rings (SSSR count). The molecule has 2 unspecified atom stereocenters. The zero-order valence-electron chi connectivity index (χ0n) is 26.5. The van der Waals surface area contributed by atoms with E-state index in [0.29, 0.717) is 11.9 Å². The molecule has 0 fully saturated rings. The van der Waals surface area contributed by atoms with Crippen LogP contribution in [0.25, 0.3) is 21.8 Å². The predicted molar refractivity (Wildman–Crippen MR) is 193 cm³/mol. The summed E-state index contributed by atoms with van der Waals surface area (Å²) < 4.78 is 0. The number of nitrogens with one attached hydrogen (secondary N) is 4. The van der Waals surface area contributed by atoms with Gasteiger partial charge in [-0.25, -0.2) is 9.98 Å². The Morgan fingerprint density at radius 2 is 0.958 bits per heavy atom. The van der Waals surface area contributed by atoms with Crippen LogP contribution in [0.3, 0.4) is 0 Å². The summed E-state index contributed by atoms with van der Waals surface area (Å²) in [6, 6.07) is 39.1.